The smallest absolute Gasteiger partial charge is 0.165 e. The van der Waals surface area contributed by atoms with Crippen molar-refractivity contribution < 1.29 is 4.79 Å². The van der Waals surface area contributed by atoms with E-state index in [0.717, 1.165) is 0 Å². The summed E-state index contributed by atoms with van der Waals surface area (Å²) in [5.74, 6) is -0.0764. The van der Waals surface area contributed by atoms with Crippen molar-refractivity contribution in [2.24, 2.45) is 5.73 Å². The van der Waals surface area contributed by atoms with Crippen LogP contribution >= 0.6 is 23.2 Å². The number of ketones is 1. The van der Waals surface area contributed by atoms with E-state index in [1.807, 2.05) is 0 Å². The number of carbonyl (C=O) groups excluding carboxylic acids is 1. The number of Topliss-reactive ketones (excluding diaryl/α,β-unsaturated/α-hetero) is 1. The Hall–Kier alpha value is -0.570. The zero-order chi connectivity index (χ0) is 10.7. The molecule has 1 atom stereocenters. The van der Waals surface area contributed by atoms with Gasteiger partial charge in [0.25, 0.3) is 0 Å². The summed E-state index contributed by atoms with van der Waals surface area (Å²) in [7, 11) is 0. The second kappa shape index (κ2) is 4.78. The predicted octanol–water partition coefficient (Wildman–Crippen LogP) is 2.91. The van der Waals surface area contributed by atoms with Crippen LogP contribution in [0.5, 0.6) is 0 Å². The molecule has 0 fully saturated rings. The molecule has 76 valence electrons. The van der Waals surface area contributed by atoms with E-state index in [2.05, 4.69) is 0 Å². The Labute approximate surface area is 93.0 Å². The second-order valence-electron chi connectivity index (χ2n) is 3.21. The van der Waals surface area contributed by atoms with Crippen LogP contribution < -0.4 is 5.73 Å². The van der Waals surface area contributed by atoms with Crippen molar-refractivity contribution in [1.29, 1.82) is 0 Å². The minimum Gasteiger partial charge on any atom is -0.328 e. The van der Waals surface area contributed by atoms with Gasteiger partial charge in [0, 0.05) is 18.0 Å². The molecule has 4 heteroatoms. The number of carbonyl (C=O) groups is 1. The molecular formula is C10H11Cl2NO. The quantitative estimate of drug-likeness (QED) is 0.814. The fraction of sp³-hybridized carbons (Fsp3) is 0.300. The molecule has 2 N–H and O–H groups in total. The molecule has 0 aromatic heterocycles. The molecule has 14 heavy (non-hydrogen) atoms. The Bertz CT molecular complexity index is 350. The van der Waals surface area contributed by atoms with E-state index in [9.17, 15) is 4.79 Å². The zero-order valence-corrected chi connectivity index (χ0v) is 9.27. The zero-order valence-electron chi connectivity index (χ0n) is 7.76. The summed E-state index contributed by atoms with van der Waals surface area (Å²) in [6, 6.07) is 4.83. The highest BCUT2D eigenvalue weighted by Gasteiger charge is 2.13. The molecule has 0 amide bonds. The minimum absolute atomic E-state index is 0.0764. The summed E-state index contributed by atoms with van der Waals surface area (Å²) >= 11 is 11.7. The molecule has 0 aliphatic carbocycles. The topological polar surface area (TPSA) is 43.1 Å². The molecule has 0 saturated heterocycles. The highest BCUT2D eigenvalue weighted by atomic mass is 35.5. The van der Waals surface area contributed by atoms with Crippen molar-refractivity contribution in [3.8, 4) is 0 Å². The number of benzene rings is 1. The van der Waals surface area contributed by atoms with Gasteiger partial charge < -0.3 is 5.73 Å². The first-order valence-electron chi connectivity index (χ1n) is 4.25. The number of hydrogen-bond acceptors (Lipinski definition) is 2. The number of rotatable bonds is 3. The van der Waals surface area contributed by atoms with Gasteiger partial charge in [-0.1, -0.05) is 29.3 Å². The van der Waals surface area contributed by atoms with Crippen molar-refractivity contribution in [3.05, 3.63) is 33.8 Å². The van der Waals surface area contributed by atoms with Crippen molar-refractivity contribution >= 4 is 29.0 Å². The summed E-state index contributed by atoms with van der Waals surface area (Å²) in [6.45, 7) is 1.77. The van der Waals surface area contributed by atoms with Crippen molar-refractivity contribution in [2.75, 3.05) is 0 Å². The molecule has 0 aliphatic heterocycles. The summed E-state index contributed by atoms with van der Waals surface area (Å²) in [5.41, 5.74) is 5.96. The largest absolute Gasteiger partial charge is 0.328 e. The highest BCUT2D eigenvalue weighted by Crippen LogP contribution is 2.26. The molecule has 1 unspecified atom stereocenters. The molecule has 1 rings (SSSR count). The van der Waals surface area contributed by atoms with Gasteiger partial charge in [-0.15, -0.1) is 0 Å². The average Bonchev–Trinajstić information content (AvgIpc) is 2.08. The third-order valence-electron chi connectivity index (χ3n) is 1.76. The first-order chi connectivity index (χ1) is 6.52. The maximum atomic E-state index is 11.6. The van der Waals surface area contributed by atoms with Gasteiger partial charge in [-0.05, 0) is 19.1 Å². The summed E-state index contributed by atoms with van der Waals surface area (Å²) < 4.78 is 0. The van der Waals surface area contributed by atoms with Crippen LogP contribution in [0.25, 0.3) is 0 Å². The Morgan fingerprint density at radius 1 is 1.50 bits per heavy atom. The van der Waals surface area contributed by atoms with Crippen LogP contribution in [0, 0.1) is 0 Å². The molecule has 0 spiro atoms. The summed E-state index contributed by atoms with van der Waals surface area (Å²) in [5, 5.41) is 0.696. The highest BCUT2D eigenvalue weighted by molar-refractivity contribution is 6.43. The number of hydrogen-bond donors (Lipinski definition) is 1. The maximum absolute atomic E-state index is 11.6. The third-order valence-corrected chi connectivity index (χ3v) is 2.58. The van der Waals surface area contributed by atoms with Crippen LogP contribution in [0.2, 0.25) is 10.0 Å². The molecule has 0 heterocycles. The van der Waals surface area contributed by atoms with Crippen LogP contribution in [0.15, 0.2) is 18.2 Å². The van der Waals surface area contributed by atoms with Crippen LogP contribution in [0.1, 0.15) is 23.7 Å². The lowest BCUT2D eigenvalue weighted by Crippen LogP contribution is -2.19. The van der Waals surface area contributed by atoms with Crippen LogP contribution in [0.4, 0.5) is 0 Å². The van der Waals surface area contributed by atoms with Gasteiger partial charge >= 0.3 is 0 Å². The predicted molar refractivity (Wildman–Crippen MR) is 59.1 cm³/mol. The maximum Gasteiger partial charge on any atom is 0.165 e. The van der Waals surface area contributed by atoms with Crippen molar-refractivity contribution in [2.45, 2.75) is 19.4 Å². The van der Waals surface area contributed by atoms with E-state index in [4.69, 9.17) is 28.9 Å². The van der Waals surface area contributed by atoms with E-state index in [0.29, 0.717) is 15.6 Å². The van der Waals surface area contributed by atoms with Crippen LogP contribution in [-0.2, 0) is 0 Å². The van der Waals surface area contributed by atoms with Gasteiger partial charge in [-0.25, -0.2) is 0 Å². The molecule has 0 aliphatic rings. The van der Waals surface area contributed by atoms with Gasteiger partial charge in [-0.2, -0.15) is 0 Å². The lowest BCUT2D eigenvalue weighted by Gasteiger charge is -2.06. The standard InChI is InChI=1S/C10H11Cl2NO/c1-6(13)5-9(14)7-3-2-4-8(11)10(7)12/h2-4,6H,5,13H2,1H3. The normalized spacial score (nSPS) is 12.6. The monoisotopic (exact) mass is 231 g/mol. The molecule has 1 aromatic rings. The number of halogens is 2. The van der Waals surface area contributed by atoms with E-state index >= 15 is 0 Å². The van der Waals surface area contributed by atoms with E-state index in [1.54, 1.807) is 25.1 Å². The van der Waals surface area contributed by atoms with Crippen molar-refractivity contribution in [3.63, 3.8) is 0 Å². The lowest BCUT2D eigenvalue weighted by atomic mass is 10.1. The fourth-order valence-corrected chi connectivity index (χ4v) is 1.53. The first kappa shape index (κ1) is 11.5. The lowest BCUT2D eigenvalue weighted by molar-refractivity contribution is 0.0977. The Morgan fingerprint density at radius 3 is 2.71 bits per heavy atom. The van der Waals surface area contributed by atoms with Crippen molar-refractivity contribution in [1.82, 2.24) is 0 Å². The Kier molecular flexibility index (Phi) is 3.93. The molecule has 0 bridgehead atoms. The van der Waals surface area contributed by atoms with Crippen LogP contribution in [0.3, 0.4) is 0 Å². The van der Waals surface area contributed by atoms with Gasteiger partial charge in [0.15, 0.2) is 5.78 Å². The molecule has 2 nitrogen and oxygen atoms in total. The second-order valence-corrected chi connectivity index (χ2v) is 3.99. The van der Waals surface area contributed by atoms with E-state index < -0.39 is 0 Å². The van der Waals surface area contributed by atoms with Gasteiger partial charge in [0.05, 0.1) is 10.0 Å². The Balaban J connectivity index is 2.96. The van der Waals surface area contributed by atoms with E-state index in [1.165, 1.54) is 0 Å². The fourth-order valence-electron chi connectivity index (χ4n) is 1.12. The summed E-state index contributed by atoms with van der Waals surface area (Å²) in [6.07, 6.45) is 0.278. The summed E-state index contributed by atoms with van der Waals surface area (Å²) in [4.78, 5) is 11.6. The molecule has 1 aromatic carbocycles. The number of nitrogens with two attached hydrogens (primary N) is 1. The van der Waals surface area contributed by atoms with Crippen LogP contribution in [-0.4, -0.2) is 11.8 Å². The average molecular weight is 232 g/mol. The Morgan fingerprint density at radius 2 is 2.14 bits per heavy atom. The molecule has 0 radical (unpaired) electrons. The SMILES string of the molecule is CC(N)CC(=O)c1cccc(Cl)c1Cl. The van der Waals surface area contributed by atoms with E-state index in [-0.39, 0.29) is 18.2 Å². The van der Waals surface area contributed by atoms with Gasteiger partial charge in [0.1, 0.15) is 0 Å². The molecule has 0 saturated carbocycles. The van der Waals surface area contributed by atoms with Gasteiger partial charge in [0.2, 0.25) is 0 Å². The minimum atomic E-state index is -0.169. The molecular weight excluding hydrogens is 221 g/mol. The first-order valence-corrected chi connectivity index (χ1v) is 5.00. The third kappa shape index (κ3) is 2.71. The van der Waals surface area contributed by atoms with Gasteiger partial charge in [-0.3, -0.25) is 4.79 Å².